The number of aromatic nitrogens is 4. The third-order valence-electron chi connectivity index (χ3n) is 16.7. The summed E-state index contributed by atoms with van der Waals surface area (Å²) in [5.41, 5.74) is 17.2. The predicted octanol–water partition coefficient (Wildman–Crippen LogP) is 21.0. The fourth-order valence-corrected chi connectivity index (χ4v) is 14.1. The number of fused-ring (bicyclic) bond motifs is 15. The van der Waals surface area contributed by atoms with Crippen LogP contribution >= 0.6 is 11.3 Å². The molecule has 386 valence electrons. The van der Waals surface area contributed by atoms with Gasteiger partial charge in [0, 0.05) is 96.8 Å². The first-order valence-corrected chi connectivity index (χ1v) is 28.6. The molecule has 7 nitrogen and oxygen atoms in total. The van der Waals surface area contributed by atoms with Gasteiger partial charge in [0.2, 0.25) is 0 Å². The zero-order chi connectivity index (χ0) is 54.3. The smallest absolute Gasteiger partial charge is 0.164 e. The minimum Gasteiger partial charge on any atom is -0.456 e. The van der Waals surface area contributed by atoms with Crippen molar-refractivity contribution < 1.29 is 13.3 Å². The van der Waals surface area contributed by atoms with Gasteiger partial charge in [0.25, 0.3) is 0 Å². The molecule has 0 amide bonds. The summed E-state index contributed by atoms with van der Waals surface area (Å²) in [6.07, 6.45) is 0. The number of hydrogen-bond acceptors (Lipinski definition) is 7. The van der Waals surface area contributed by atoms with Crippen molar-refractivity contribution in [1.82, 2.24) is 19.5 Å². The Hall–Kier alpha value is -10.9. The van der Waals surface area contributed by atoms with E-state index in [4.69, 9.17) is 28.2 Å². The summed E-state index contributed by atoms with van der Waals surface area (Å²) >= 11 is 1.83. The van der Waals surface area contributed by atoms with Gasteiger partial charge in [0.1, 0.15) is 33.5 Å². The molecule has 0 spiro atoms. The van der Waals surface area contributed by atoms with E-state index in [2.05, 4.69) is 211 Å². The fourth-order valence-electron chi connectivity index (χ4n) is 13.0. The Balaban J connectivity index is 0.786. The highest BCUT2D eigenvalue weighted by molar-refractivity contribution is 7.26. The second-order valence-electron chi connectivity index (χ2n) is 21.3. The highest BCUT2D eigenvalue weighted by Crippen LogP contribution is 2.48. The molecule has 0 aliphatic carbocycles. The molecule has 18 aromatic rings. The number of thiophene rings is 1. The van der Waals surface area contributed by atoms with E-state index in [0.29, 0.717) is 17.5 Å². The molecule has 0 aliphatic rings. The topological polar surface area (TPSA) is 83.0 Å². The number of hydrogen-bond donors (Lipinski definition) is 0. The average molecular weight is 1080 g/mol. The quantitative estimate of drug-likeness (QED) is 0.158. The summed E-state index contributed by atoms with van der Waals surface area (Å²) in [7, 11) is 0. The lowest BCUT2D eigenvalue weighted by Gasteiger charge is -2.13. The Bertz CT molecular complexity index is 5710. The zero-order valence-corrected chi connectivity index (χ0v) is 45.0. The van der Waals surface area contributed by atoms with E-state index >= 15 is 0 Å². The van der Waals surface area contributed by atoms with Crippen LogP contribution in [-0.2, 0) is 0 Å². The Morgan fingerprint density at radius 2 is 0.867 bits per heavy atom. The zero-order valence-electron chi connectivity index (χ0n) is 44.2. The van der Waals surface area contributed by atoms with Gasteiger partial charge >= 0.3 is 0 Å². The van der Waals surface area contributed by atoms with Crippen LogP contribution in [0.1, 0.15) is 0 Å². The van der Waals surface area contributed by atoms with E-state index in [1.807, 2.05) is 59.9 Å². The molecule has 0 fully saturated rings. The molecule has 83 heavy (non-hydrogen) atoms. The predicted molar refractivity (Wildman–Crippen MR) is 342 cm³/mol. The van der Waals surface area contributed by atoms with Crippen LogP contribution in [0.2, 0.25) is 0 Å². The number of furan rings is 3. The molecule has 12 aromatic carbocycles. The Kier molecular flexibility index (Phi) is 9.83. The average Bonchev–Trinajstić information content (AvgIpc) is 3.03. The maximum atomic E-state index is 7.01. The van der Waals surface area contributed by atoms with E-state index < -0.39 is 0 Å². The van der Waals surface area contributed by atoms with Crippen LogP contribution in [0.5, 0.6) is 0 Å². The first-order chi connectivity index (χ1) is 41.1. The molecular formula is C75H42N4O3S. The van der Waals surface area contributed by atoms with E-state index in [-0.39, 0.29) is 0 Å². The summed E-state index contributed by atoms with van der Waals surface area (Å²) in [4.78, 5) is 15.8. The van der Waals surface area contributed by atoms with E-state index in [0.717, 1.165) is 127 Å². The van der Waals surface area contributed by atoms with Crippen molar-refractivity contribution in [2.45, 2.75) is 0 Å². The van der Waals surface area contributed by atoms with Gasteiger partial charge in [-0.25, -0.2) is 15.0 Å². The largest absolute Gasteiger partial charge is 0.456 e. The number of benzene rings is 12. The van der Waals surface area contributed by atoms with Crippen LogP contribution in [0.25, 0.3) is 181 Å². The molecular weight excluding hydrogens is 1040 g/mol. The molecule has 0 saturated heterocycles. The number of para-hydroxylation sites is 4. The van der Waals surface area contributed by atoms with Gasteiger partial charge < -0.3 is 17.8 Å². The molecule has 0 radical (unpaired) electrons. The SMILES string of the molecule is c1ccc(-c2nc(-c3ccc4c(c3)oc3cc(-c5cccc6sc7ccccc7c56)ccc34)nc(-c3cccc4oc5ccc(-c6ccc(-c7cccc8c9ccccc9n(-c9ccccc9)c78)c7oc8ccccc8c67)cc5c34)n2)cc1. The van der Waals surface area contributed by atoms with E-state index in [9.17, 15) is 0 Å². The summed E-state index contributed by atoms with van der Waals surface area (Å²) < 4.78 is 25.4. The van der Waals surface area contributed by atoms with Crippen LogP contribution in [0.4, 0.5) is 0 Å². The Morgan fingerprint density at radius 3 is 1.73 bits per heavy atom. The number of nitrogens with zero attached hydrogens (tertiary/aromatic N) is 4. The lowest BCUT2D eigenvalue weighted by molar-refractivity contribution is 0.668. The Labute approximate surface area is 477 Å². The molecule has 6 aromatic heterocycles. The summed E-state index contributed by atoms with van der Waals surface area (Å²) in [5, 5.41) is 11.0. The monoisotopic (exact) mass is 1080 g/mol. The van der Waals surface area contributed by atoms with Crippen LogP contribution in [0.3, 0.4) is 0 Å². The van der Waals surface area contributed by atoms with Gasteiger partial charge in [-0.15, -0.1) is 11.3 Å². The molecule has 0 unspecified atom stereocenters. The van der Waals surface area contributed by atoms with Crippen LogP contribution in [0, 0.1) is 0 Å². The third kappa shape index (κ3) is 7.00. The first kappa shape index (κ1) is 45.9. The van der Waals surface area contributed by atoms with Gasteiger partial charge in [0.15, 0.2) is 17.5 Å². The maximum Gasteiger partial charge on any atom is 0.164 e. The van der Waals surface area contributed by atoms with Crippen molar-refractivity contribution in [3.63, 3.8) is 0 Å². The highest BCUT2D eigenvalue weighted by atomic mass is 32.1. The van der Waals surface area contributed by atoms with Crippen molar-refractivity contribution in [2.75, 3.05) is 0 Å². The molecule has 8 heteroatoms. The van der Waals surface area contributed by atoms with Gasteiger partial charge in [-0.2, -0.15) is 0 Å². The minimum absolute atomic E-state index is 0.534. The van der Waals surface area contributed by atoms with Crippen molar-refractivity contribution in [3.05, 3.63) is 255 Å². The summed E-state index contributed by atoms with van der Waals surface area (Å²) in [5.74, 6) is 1.63. The van der Waals surface area contributed by atoms with Crippen molar-refractivity contribution in [3.8, 4) is 73.2 Å². The van der Waals surface area contributed by atoms with Gasteiger partial charge in [-0.3, -0.25) is 0 Å². The lowest BCUT2D eigenvalue weighted by Crippen LogP contribution is -2.00. The van der Waals surface area contributed by atoms with E-state index in [1.165, 1.54) is 36.5 Å². The van der Waals surface area contributed by atoms with Crippen LogP contribution in [0.15, 0.2) is 268 Å². The second kappa shape index (κ2) is 17.8. The van der Waals surface area contributed by atoms with Gasteiger partial charge in [-0.1, -0.05) is 170 Å². The summed E-state index contributed by atoms with van der Waals surface area (Å²) in [6.45, 7) is 0. The first-order valence-electron chi connectivity index (χ1n) is 27.8. The molecule has 0 bridgehead atoms. The highest BCUT2D eigenvalue weighted by Gasteiger charge is 2.24. The molecule has 0 aliphatic heterocycles. The molecule has 0 N–H and O–H groups in total. The van der Waals surface area contributed by atoms with Crippen molar-refractivity contribution >= 4 is 119 Å². The van der Waals surface area contributed by atoms with Gasteiger partial charge in [-0.05, 0) is 107 Å². The fraction of sp³-hybridized carbons (Fsp3) is 0. The lowest BCUT2D eigenvalue weighted by atomic mass is 9.93. The summed E-state index contributed by atoms with van der Waals surface area (Å²) in [6, 6.07) is 89.6. The number of rotatable bonds is 7. The van der Waals surface area contributed by atoms with Crippen molar-refractivity contribution in [1.29, 1.82) is 0 Å². The standard InChI is InChI=1S/C75H42N4O3S/c1-3-16-43(17-4-1)73-76-74(46-33-36-52-51-35-32-45(41-64(51)81-65(52)42-46)48-23-15-31-67-69(48)57-22-9-12-30-66(57)83-67)78-75(77-73)58-26-14-29-63-68(58)59-40-44(34-39-62(59)80-63)49-37-38-55(72-70(49)56-21-8-11-28-61(56)82-72)54-25-13-24-53-50-20-7-10-27-60(50)79(71(53)54)47-18-5-2-6-19-47/h1-42H. The Morgan fingerprint density at radius 1 is 0.289 bits per heavy atom. The van der Waals surface area contributed by atoms with Crippen LogP contribution < -0.4 is 0 Å². The molecule has 18 rings (SSSR count). The minimum atomic E-state index is 0.534. The normalized spacial score (nSPS) is 12.1. The van der Waals surface area contributed by atoms with E-state index in [1.54, 1.807) is 0 Å². The molecule has 0 saturated carbocycles. The van der Waals surface area contributed by atoms with Gasteiger partial charge in [0.05, 0.1) is 11.0 Å². The maximum absolute atomic E-state index is 7.01. The third-order valence-corrected chi connectivity index (χ3v) is 17.8. The molecule has 6 heterocycles. The molecule has 0 atom stereocenters. The second-order valence-corrected chi connectivity index (χ2v) is 22.4. The van der Waals surface area contributed by atoms with Crippen molar-refractivity contribution in [2.24, 2.45) is 0 Å². The van der Waals surface area contributed by atoms with Crippen LogP contribution in [-0.4, -0.2) is 19.5 Å².